The summed E-state index contributed by atoms with van der Waals surface area (Å²) in [4.78, 5) is 14.5. The van der Waals surface area contributed by atoms with Gasteiger partial charge in [0.2, 0.25) is 0 Å². The second kappa shape index (κ2) is 5.09. The molecule has 0 spiro atoms. The summed E-state index contributed by atoms with van der Waals surface area (Å²) in [6.07, 6.45) is 2.51. The Hall–Kier alpha value is -2.14. The van der Waals surface area contributed by atoms with Crippen molar-refractivity contribution in [1.29, 1.82) is 0 Å². The van der Waals surface area contributed by atoms with Crippen molar-refractivity contribution in [2.45, 2.75) is 19.4 Å². The fourth-order valence-corrected chi connectivity index (χ4v) is 2.78. The molecule has 0 bridgehead atoms. The first kappa shape index (κ1) is 12.9. The van der Waals surface area contributed by atoms with Crippen molar-refractivity contribution in [1.82, 2.24) is 15.5 Å². The molecule has 0 aliphatic carbocycles. The number of hydrogen-bond donors (Lipinski definition) is 2. The molecule has 1 unspecified atom stereocenters. The Kier molecular flexibility index (Phi) is 3.28. The molecule has 2 heterocycles. The minimum Gasteiger partial charge on any atom is -0.313 e. The smallest absolute Gasteiger partial charge is 0.261 e. The van der Waals surface area contributed by atoms with Gasteiger partial charge in [-0.1, -0.05) is 18.2 Å². The van der Waals surface area contributed by atoms with E-state index in [1.165, 1.54) is 5.56 Å². The molecule has 20 heavy (non-hydrogen) atoms. The molecule has 1 aromatic carbocycles. The van der Waals surface area contributed by atoms with Crippen LogP contribution in [0.15, 0.2) is 30.5 Å². The van der Waals surface area contributed by atoms with Gasteiger partial charge in [-0.05, 0) is 32.0 Å². The van der Waals surface area contributed by atoms with Crippen LogP contribution in [0, 0.1) is 6.92 Å². The molecule has 1 aliphatic rings. The fraction of sp³-hybridized carbons (Fsp3) is 0.333. The molecule has 1 amide bonds. The Bertz CT molecular complexity index is 634. The fourth-order valence-electron chi connectivity index (χ4n) is 2.78. The summed E-state index contributed by atoms with van der Waals surface area (Å²) in [7, 11) is 1.96. The lowest BCUT2D eigenvalue weighted by Crippen LogP contribution is -2.39. The van der Waals surface area contributed by atoms with E-state index >= 15 is 0 Å². The number of anilines is 1. The van der Waals surface area contributed by atoms with Crippen molar-refractivity contribution >= 4 is 11.6 Å². The average molecular weight is 270 g/mol. The van der Waals surface area contributed by atoms with E-state index in [1.54, 1.807) is 6.20 Å². The number of rotatable bonds is 2. The number of amides is 1. The summed E-state index contributed by atoms with van der Waals surface area (Å²) in [5, 5.41) is 10.1. The van der Waals surface area contributed by atoms with Crippen LogP contribution < -0.4 is 10.2 Å². The van der Waals surface area contributed by atoms with Gasteiger partial charge in [0.25, 0.3) is 5.91 Å². The van der Waals surface area contributed by atoms with Gasteiger partial charge in [0.15, 0.2) is 0 Å². The lowest BCUT2D eigenvalue weighted by molar-refractivity contribution is 0.0983. The summed E-state index contributed by atoms with van der Waals surface area (Å²) in [5.74, 6) is 0.0123. The van der Waals surface area contributed by atoms with Gasteiger partial charge >= 0.3 is 0 Å². The van der Waals surface area contributed by atoms with Gasteiger partial charge in [0.05, 0.1) is 11.8 Å². The molecule has 0 saturated carbocycles. The highest BCUT2D eigenvalue weighted by Crippen LogP contribution is 2.34. The quantitative estimate of drug-likeness (QED) is 0.877. The Labute approximate surface area is 118 Å². The summed E-state index contributed by atoms with van der Waals surface area (Å²) >= 11 is 0. The maximum atomic E-state index is 12.7. The number of nitrogens with one attached hydrogen (secondary N) is 2. The van der Waals surface area contributed by atoms with E-state index in [2.05, 4.69) is 21.6 Å². The first-order valence-electron chi connectivity index (χ1n) is 6.80. The van der Waals surface area contributed by atoms with Gasteiger partial charge in [-0.2, -0.15) is 5.10 Å². The van der Waals surface area contributed by atoms with Crippen LogP contribution in [0.25, 0.3) is 0 Å². The number of fused-ring (bicyclic) bond motifs is 1. The Morgan fingerprint density at radius 1 is 1.45 bits per heavy atom. The lowest BCUT2D eigenvalue weighted by Gasteiger charge is -2.34. The zero-order valence-electron chi connectivity index (χ0n) is 11.7. The van der Waals surface area contributed by atoms with Gasteiger partial charge in [-0.25, -0.2) is 0 Å². The highest BCUT2D eigenvalue weighted by Gasteiger charge is 2.29. The molecule has 5 nitrogen and oxygen atoms in total. The second-order valence-electron chi connectivity index (χ2n) is 5.05. The van der Waals surface area contributed by atoms with Crippen LogP contribution in [0.1, 0.15) is 34.1 Å². The van der Waals surface area contributed by atoms with Crippen molar-refractivity contribution in [2.24, 2.45) is 0 Å². The summed E-state index contributed by atoms with van der Waals surface area (Å²) in [6, 6.07) is 8.38. The van der Waals surface area contributed by atoms with E-state index in [1.807, 2.05) is 37.1 Å². The number of benzene rings is 1. The highest BCUT2D eigenvalue weighted by molar-refractivity contribution is 6.07. The molecule has 0 radical (unpaired) electrons. The van der Waals surface area contributed by atoms with Crippen molar-refractivity contribution in [2.75, 3.05) is 18.5 Å². The zero-order valence-corrected chi connectivity index (χ0v) is 11.7. The molecule has 5 heteroatoms. The van der Waals surface area contributed by atoms with E-state index < -0.39 is 0 Å². The number of carbonyl (C=O) groups excluding carboxylic acids is 1. The number of aromatic amines is 1. The number of nitrogens with zero attached hydrogens (tertiary/aromatic N) is 2. The highest BCUT2D eigenvalue weighted by atomic mass is 16.2. The summed E-state index contributed by atoms with van der Waals surface area (Å²) in [6.45, 7) is 2.58. The van der Waals surface area contributed by atoms with Gasteiger partial charge in [-0.15, -0.1) is 0 Å². The van der Waals surface area contributed by atoms with E-state index in [-0.39, 0.29) is 5.91 Å². The number of aryl methyl sites for hydroxylation is 1. The molecule has 2 N–H and O–H groups in total. The van der Waals surface area contributed by atoms with E-state index in [0.717, 1.165) is 17.8 Å². The Morgan fingerprint density at radius 3 is 2.95 bits per heavy atom. The second-order valence-corrected chi connectivity index (χ2v) is 5.05. The summed E-state index contributed by atoms with van der Waals surface area (Å²) in [5.41, 5.74) is 3.62. The van der Waals surface area contributed by atoms with Gasteiger partial charge in [-0.3, -0.25) is 9.89 Å². The average Bonchev–Trinajstić information content (AvgIpc) is 2.91. The number of aromatic nitrogens is 2. The van der Waals surface area contributed by atoms with Crippen molar-refractivity contribution in [3.8, 4) is 0 Å². The molecule has 1 aromatic heterocycles. The number of carbonyl (C=O) groups is 1. The maximum absolute atomic E-state index is 12.7. The lowest BCUT2D eigenvalue weighted by atomic mass is 9.96. The maximum Gasteiger partial charge on any atom is 0.261 e. The minimum atomic E-state index is 0.0123. The van der Waals surface area contributed by atoms with Crippen molar-refractivity contribution < 1.29 is 4.79 Å². The molecule has 1 aliphatic heterocycles. The molecule has 0 fully saturated rings. The molecular weight excluding hydrogens is 252 g/mol. The predicted octanol–water partition coefficient (Wildman–Crippen LogP) is 2.03. The monoisotopic (exact) mass is 270 g/mol. The third kappa shape index (κ3) is 2.00. The van der Waals surface area contributed by atoms with Crippen LogP contribution in [0.2, 0.25) is 0 Å². The normalized spacial score (nSPS) is 17.9. The SMILES string of the molecule is CNC1CCN(C(=O)c2cn[nH]c2C)c2ccccc21. The van der Waals surface area contributed by atoms with E-state index in [9.17, 15) is 4.79 Å². The van der Waals surface area contributed by atoms with Crippen LogP contribution in [0.3, 0.4) is 0 Å². The van der Waals surface area contributed by atoms with Crippen molar-refractivity contribution in [3.05, 3.63) is 47.3 Å². The number of hydrogen-bond acceptors (Lipinski definition) is 3. The van der Waals surface area contributed by atoms with Gasteiger partial charge in [0.1, 0.15) is 0 Å². The number of H-pyrrole nitrogens is 1. The van der Waals surface area contributed by atoms with Crippen LogP contribution in [0.5, 0.6) is 0 Å². The van der Waals surface area contributed by atoms with Crippen molar-refractivity contribution in [3.63, 3.8) is 0 Å². The Balaban J connectivity index is 2.00. The first-order valence-corrected chi connectivity index (χ1v) is 6.80. The first-order chi connectivity index (χ1) is 9.72. The largest absolute Gasteiger partial charge is 0.313 e. The van der Waals surface area contributed by atoms with Crippen LogP contribution in [-0.2, 0) is 0 Å². The van der Waals surface area contributed by atoms with E-state index in [0.29, 0.717) is 18.2 Å². The van der Waals surface area contributed by atoms with Crippen LogP contribution >= 0.6 is 0 Å². The topological polar surface area (TPSA) is 61.0 Å². The molecular formula is C15H18N4O. The molecule has 0 saturated heterocycles. The van der Waals surface area contributed by atoms with Crippen LogP contribution in [0.4, 0.5) is 5.69 Å². The predicted molar refractivity (Wildman–Crippen MR) is 77.9 cm³/mol. The number of para-hydroxylation sites is 1. The molecule has 3 rings (SSSR count). The van der Waals surface area contributed by atoms with E-state index in [4.69, 9.17) is 0 Å². The standard InChI is InChI=1S/C15H18N4O/c1-10-12(9-17-18-10)15(20)19-8-7-13(16-2)11-5-3-4-6-14(11)19/h3-6,9,13,16H,7-8H2,1-2H3,(H,17,18). The third-order valence-electron chi connectivity index (χ3n) is 3.90. The molecule has 1 atom stereocenters. The van der Waals surface area contributed by atoms with Gasteiger partial charge < -0.3 is 10.2 Å². The minimum absolute atomic E-state index is 0.0123. The zero-order chi connectivity index (χ0) is 14.1. The summed E-state index contributed by atoms with van der Waals surface area (Å²) < 4.78 is 0. The van der Waals surface area contributed by atoms with Crippen LogP contribution in [-0.4, -0.2) is 29.7 Å². The Morgan fingerprint density at radius 2 is 2.25 bits per heavy atom. The van der Waals surface area contributed by atoms with Gasteiger partial charge in [0, 0.05) is 24.0 Å². The third-order valence-corrected chi connectivity index (χ3v) is 3.90. The molecule has 104 valence electrons. The molecule has 2 aromatic rings.